The van der Waals surface area contributed by atoms with Crippen LogP contribution in [0, 0.1) is 0 Å². The van der Waals surface area contributed by atoms with Gasteiger partial charge in [-0.05, 0) is 42.7 Å². The summed E-state index contributed by atoms with van der Waals surface area (Å²) in [7, 11) is 3.15. The van der Waals surface area contributed by atoms with Crippen molar-refractivity contribution < 1.29 is 24.2 Å². The second-order valence-electron chi connectivity index (χ2n) is 6.20. The predicted octanol–water partition coefficient (Wildman–Crippen LogP) is 3.14. The molecule has 0 aromatic heterocycles. The van der Waals surface area contributed by atoms with E-state index in [1.54, 1.807) is 26.4 Å². The summed E-state index contributed by atoms with van der Waals surface area (Å²) in [6.45, 7) is 1.78. The summed E-state index contributed by atoms with van der Waals surface area (Å²) in [5.41, 5.74) is 1.73. The van der Waals surface area contributed by atoms with Gasteiger partial charge in [0.05, 0.1) is 14.2 Å². The number of rotatable bonds is 9. The molecule has 0 heterocycles. The van der Waals surface area contributed by atoms with Crippen LogP contribution in [0.5, 0.6) is 11.5 Å². The highest BCUT2D eigenvalue weighted by Gasteiger charge is 2.25. The lowest BCUT2D eigenvalue weighted by Gasteiger charge is -2.27. The summed E-state index contributed by atoms with van der Waals surface area (Å²) in [6, 6.07) is 13.9. The van der Waals surface area contributed by atoms with Crippen LogP contribution in [0.2, 0.25) is 0 Å². The van der Waals surface area contributed by atoms with Gasteiger partial charge in [-0.1, -0.05) is 30.3 Å². The second kappa shape index (κ2) is 9.62. The lowest BCUT2D eigenvalue weighted by molar-refractivity contribution is -0.150. The molecular formula is C21H25NO5. The molecular weight excluding hydrogens is 346 g/mol. The molecule has 1 N–H and O–H groups in total. The van der Waals surface area contributed by atoms with Gasteiger partial charge in [-0.2, -0.15) is 0 Å². The number of carboxylic acid groups (broad SMARTS) is 1. The number of aryl methyl sites for hydroxylation is 1. The van der Waals surface area contributed by atoms with Gasteiger partial charge in [-0.3, -0.25) is 4.79 Å². The SMILES string of the molecule is COc1ccc(OC)c(CCC(=O)N(Cc2ccccc2)C(C)C(=O)O)c1. The molecule has 2 aromatic carbocycles. The van der Waals surface area contributed by atoms with Gasteiger partial charge in [0.2, 0.25) is 5.91 Å². The fourth-order valence-electron chi connectivity index (χ4n) is 2.82. The Labute approximate surface area is 159 Å². The molecule has 0 saturated heterocycles. The van der Waals surface area contributed by atoms with Crippen LogP contribution < -0.4 is 9.47 Å². The van der Waals surface area contributed by atoms with Crippen LogP contribution in [0.25, 0.3) is 0 Å². The Bertz CT molecular complexity index is 775. The summed E-state index contributed by atoms with van der Waals surface area (Å²) in [4.78, 5) is 25.7. The molecule has 6 heteroatoms. The van der Waals surface area contributed by atoms with E-state index in [0.29, 0.717) is 17.9 Å². The maximum Gasteiger partial charge on any atom is 0.326 e. The third kappa shape index (κ3) is 5.48. The largest absolute Gasteiger partial charge is 0.497 e. The molecule has 1 amide bonds. The van der Waals surface area contributed by atoms with Crippen LogP contribution in [0.15, 0.2) is 48.5 Å². The standard InChI is InChI=1S/C21H25NO5/c1-15(21(24)25)22(14-16-7-5-4-6-8-16)20(23)12-9-17-13-18(26-2)10-11-19(17)27-3/h4-8,10-11,13,15H,9,12,14H2,1-3H3,(H,24,25). The maximum absolute atomic E-state index is 12.8. The zero-order valence-electron chi connectivity index (χ0n) is 15.8. The van der Waals surface area contributed by atoms with Crippen LogP contribution in [-0.4, -0.2) is 42.1 Å². The third-order valence-corrected chi connectivity index (χ3v) is 4.44. The summed E-state index contributed by atoms with van der Waals surface area (Å²) in [5.74, 6) is 0.0969. The van der Waals surface area contributed by atoms with E-state index in [2.05, 4.69) is 0 Å². The Hall–Kier alpha value is -3.02. The molecule has 0 fully saturated rings. The highest BCUT2D eigenvalue weighted by Crippen LogP contribution is 2.25. The minimum absolute atomic E-state index is 0.175. The number of carbonyl (C=O) groups excluding carboxylic acids is 1. The number of carboxylic acids is 1. The number of carbonyl (C=O) groups is 2. The van der Waals surface area contributed by atoms with Crippen molar-refractivity contribution in [2.75, 3.05) is 14.2 Å². The van der Waals surface area contributed by atoms with Crippen LogP contribution in [-0.2, 0) is 22.6 Å². The van der Waals surface area contributed by atoms with Gasteiger partial charge in [0.15, 0.2) is 0 Å². The van der Waals surface area contributed by atoms with Gasteiger partial charge in [-0.15, -0.1) is 0 Å². The number of methoxy groups -OCH3 is 2. The van der Waals surface area contributed by atoms with E-state index in [0.717, 1.165) is 11.1 Å². The fourth-order valence-corrected chi connectivity index (χ4v) is 2.82. The second-order valence-corrected chi connectivity index (χ2v) is 6.20. The molecule has 1 atom stereocenters. The third-order valence-electron chi connectivity index (χ3n) is 4.44. The Morgan fingerprint density at radius 2 is 1.78 bits per heavy atom. The first-order chi connectivity index (χ1) is 13.0. The van der Waals surface area contributed by atoms with Gasteiger partial charge in [0.1, 0.15) is 17.5 Å². The number of aliphatic carboxylic acids is 1. The highest BCUT2D eigenvalue weighted by molar-refractivity contribution is 5.83. The molecule has 27 heavy (non-hydrogen) atoms. The number of benzene rings is 2. The number of nitrogens with zero attached hydrogens (tertiary/aromatic N) is 1. The first-order valence-corrected chi connectivity index (χ1v) is 8.73. The lowest BCUT2D eigenvalue weighted by atomic mass is 10.1. The van der Waals surface area contributed by atoms with Crippen molar-refractivity contribution in [1.82, 2.24) is 4.90 Å². The number of hydrogen-bond acceptors (Lipinski definition) is 4. The molecule has 144 valence electrons. The quantitative estimate of drug-likeness (QED) is 0.733. The first kappa shape index (κ1) is 20.3. The molecule has 0 aliphatic carbocycles. The van der Waals surface area contributed by atoms with Crippen molar-refractivity contribution in [3.05, 3.63) is 59.7 Å². The molecule has 0 bridgehead atoms. The summed E-state index contributed by atoms with van der Waals surface area (Å²) in [5, 5.41) is 9.38. The summed E-state index contributed by atoms with van der Waals surface area (Å²) in [6.07, 6.45) is 0.602. The molecule has 2 rings (SSSR count). The molecule has 0 aliphatic rings. The van der Waals surface area contributed by atoms with Gasteiger partial charge in [0, 0.05) is 13.0 Å². The van der Waals surface area contributed by atoms with Gasteiger partial charge >= 0.3 is 5.97 Å². The smallest absolute Gasteiger partial charge is 0.326 e. The molecule has 2 aromatic rings. The Kier molecular flexibility index (Phi) is 7.23. The van der Waals surface area contributed by atoms with Crippen molar-refractivity contribution >= 4 is 11.9 Å². The molecule has 1 unspecified atom stereocenters. The zero-order valence-corrected chi connectivity index (χ0v) is 15.8. The number of ether oxygens (including phenoxy) is 2. The fraction of sp³-hybridized carbons (Fsp3) is 0.333. The molecule has 6 nitrogen and oxygen atoms in total. The van der Waals surface area contributed by atoms with E-state index in [1.807, 2.05) is 36.4 Å². The molecule has 0 aliphatic heterocycles. The summed E-state index contributed by atoms with van der Waals surface area (Å²) >= 11 is 0. The first-order valence-electron chi connectivity index (χ1n) is 8.73. The lowest BCUT2D eigenvalue weighted by Crippen LogP contribution is -2.42. The van der Waals surface area contributed by atoms with Crippen LogP contribution in [0.4, 0.5) is 0 Å². The Morgan fingerprint density at radius 1 is 1.07 bits per heavy atom. The topological polar surface area (TPSA) is 76.1 Å². The van der Waals surface area contributed by atoms with E-state index in [9.17, 15) is 14.7 Å². The maximum atomic E-state index is 12.8. The molecule has 0 radical (unpaired) electrons. The van der Waals surface area contributed by atoms with Crippen LogP contribution in [0.1, 0.15) is 24.5 Å². The van der Waals surface area contributed by atoms with Crippen molar-refractivity contribution in [3.8, 4) is 11.5 Å². The van der Waals surface area contributed by atoms with E-state index < -0.39 is 12.0 Å². The normalized spacial score (nSPS) is 11.5. The van der Waals surface area contributed by atoms with E-state index in [1.165, 1.54) is 11.8 Å². The number of hydrogen-bond donors (Lipinski definition) is 1. The monoisotopic (exact) mass is 371 g/mol. The average molecular weight is 371 g/mol. The van der Waals surface area contributed by atoms with Gasteiger partial charge in [-0.25, -0.2) is 4.79 Å². The number of amides is 1. The van der Waals surface area contributed by atoms with Crippen LogP contribution in [0.3, 0.4) is 0 Å². The minimum Gasteiger partial charge on any atom is -0.497 e. The average Bonchev–Trinajstić information content (AvgIpc) is 2.70. The van der Waals surface area contributed by atoms with Crippen molar-refractivity contribution in [3.63, 3.8) is 0 Å². The van der Waals surface area contributed by atoms with Crippen molar-refractivity contribution in [1.29, 1.82) is 0 Å². The summed E-state index contributed by atoms with van der Waals surface area (Å²) < 4.78 is 10.6. The molecule has 0 spiro atoms. The highest BCUT2D eigenvalue weighted by atomic mass is 16.5. The van der Waals surface area contributed by atoms with E-state index in [-0.39, 0.29) is 18.9 Å². The van der Waals surface area contributed by atoms with Gasteiger partial charge < -0.3 is 19.5 Å². The van der Waals surface area contributed by atoms with Crippen LogP contribution >= 0.6 is 0 Å². The zero-order chi connectivity index (χ0) is 19.8. The minimum atomic E-state index is -1.03. The van der Waals surface area contributed by atoms with Crippen molar-refractivity contribution in [2.45, 2.75) is 32.4 Å². The van der Waals surface area contributed by atoms with Crippen molar-refractivity contribution in [2.24, 2.45) is 0 Å². The Morgan fingerprint density at radius 3 is 2.37 bits per heavy atom. The Balaban J connectivity index is 2.15. The molecule has 0 saturated carbocycles. The predicted molar refractivity (Wildman–Crippen MR) is 102 cm³/mol. The van der Waals surface area contributed by atoms with E-state index >= 15 is 0 Å². The van der Waals surface area contributed by atoms with E-state index in [4.69, 9.17) is 9.47 Å². The van der Waals surface area contributed by atoms with Gasteiger partial charge in [0.25, 0.3) is 0 Å².